The molecule has 0 saturated heterocycles. The van der Waals surface area contributed by atoms with E-state index in [1.807, 2.05) is 0 Å². The monoisotopic (exact) mass is 254 g/mol. The van der Waals surface area contributed by atoms with E-state index >= 15 is 0 Å². The second kappa shape index (κ2) is 4.96. The molecule has 1 fully saturated rings. The Labute approximate surface area is 107 Å². The third-order valence-electron chi connectivity index (χ3n) is 4.23. The Morgan fingerprint density at radius 2 is 1.67 bits per heavy atom. The summed E-state index contributed by atoms with van der Waals surface area (Å²) in [6.45, 7) is 4.30. The van der Waals surface area contributed by atoms with E-state index in [2.05, 4.69) is 13.8 Å². The molecule has 1 N–H and O–H groups in total. The van der Waals surface area contributed by atoms with Crippen LogP contribution in [0.5, 0.6) is 0 Å². The summed E-state index contributed by atoms with van der Waals surface area (Å²) in [4.78, 5) is 0. The zero-order valence-electron chi connectivity index (χ0n) is 10.9. The van der Waals surface area contributed by atoms with Gasteiger partial charge in [-0.05, 0) is 49.7 Å². The van der Waals surface area contributed by atoms with E-state index in [0.717, 1.165) is 12.8 Å². The lowest BCUT2D eigenvalue weighted by Gasteiger charge is -2.38. The van der Waals surface area contributed by atoms with Crippen molar-refractivity contribution in [3.63, 3.8) is 0 Å². The Kier molecular flexibility index (Phi) is 3.71. The van der Waals surface area contributed by atoms with Crippen LogP contribution in [0.4, 0.5) is 8.78 Å². The molecule has 0 heterocycles. The smallest absolute Gasteiger partial charge is 0.132 e. The normalized spacial score (nSPS) is 28.7. The molecule has 0 bridgehead atoms. The molecule has 1 aliphatic rings. The molecule has 1 saturated carbocycles. The molecule has 0 spiro atoms. The van der Waals surface area contributed by atoms with Gasteiger partial charge in [0.15, 0.2) is 0 Å². The van der Waals surface area contributed by atoms with E-state index in [-0.39, 0.29) is 5.56 Å². The molecule has 1 aliphatic carbocycles. The van der Waals surface area contributed by atoms with Crippen LogP contribution in [-0.2, 0) is 5.60 Å². The van der Waals surface area contributed by atoms with Gasteiger partial charge in [-0.1, -0.05) is 19.9 Å². The van der Waals surface area contributed by atoms with Gasteiger partial charge in [0.1, 0.15) is 11.6 Å². The Hall–Kier alpha value is -0.960. The highest BCUT2D eigenvalue weighted by atomic mass is 19.1. The van der Waals surface area contributed by atoms with Gasteiger partial charge in [0.2, 0.25) is 0 Å². The van der Waals surface area contributed by atoms with Crippen molar-refractivity contribution in [2.45, 2.75) is 45.1 Å². The third-order valence-corrected chi connectivity index (χ3v) is 4.23. The topological polar surface area (TPSA) is 20.2 Å². The predicted molar refractivity (Wildman–Crippen MR) is 67.1 cm³/mol. The largest absolute Gasteiger partial charge is 0.385 e. The number of halogens is 2. The number of aliphatic hydroxyl groups is 1. The van der Waals surface area contributed by atoms with Crippen molar-refractivity contribution in [2.75, 3.05) is 0 Å². The van der Waals surface area contributed by atoms with E-state index in [4.69, 9.17) is 0 Å². The predicted octanol–water partition coefficient (Wildman–Crippen LogP) is 4.00. The molecular formula is C15H20F2O. The maximum absolute atomic E-state index is 13.7. The first-order valence-corrected chi connectivity index (χ1v) is 6.61. The Bertz CT molecular complexity index is 400. The zero-order valence-corrected chi connectivity index (χ0v) is 10.9. The van der Waals surface area contributed by atoms with Crippen LogP contribution in [0.2, 0.25) is 0 Å². The fourth-order valence-electron chi connectivity index (χ4n) is 2.98. The van der Waals surface area contributed by atoms with Crippen molar-refractivity contribution in [3.8, 4) is 0 Å². The van der Waals surface area contributed by atoms with Gasteiger partial charge in [-0.15, -0.1) is 0 Å². The quantitative estimate of drug-likeness (QED) is 0.845. The van der Waals surface area contributed by atoms with Crippen LogP contribution in [0.3, 0.4) is 0 Å². The molecule has 1 aromatic carbocycles. The van der Waals surface area contributed by atoms with Crippen LogP contribution >= 0.6 is 0 Å². The van der Waals surface area contributed by atoms with Crippen molar-refractivity contribution in [1.82, 2.24) is 0 Å². The Morgan fingerprint density at radius 1 is 1.17 bits per heavy atom. The molecule has 0 aromatic heterocycles. The summed E-state index contributed by atoms with van der Waals surface area (Å²) in [5.41, 5.74) is -1.48. The molecule has 0 aliphatic heterocycles. The maximum atomic E-state index is 13.7. The third kappa shape index (κ3) is 2.41. The first kappa shape index (κ1) is 13.5. The number of benzene rings is 1. The lowest BCUT2D eigenvalue weighted by Crippen LogP contribution is -2.34. The average molecular weight is 254 g/mol. The minimum atomic E-state index is -1.33. The zero-order chi connectivity index (χ0) is 13.3. The molecule has 1 aromatic rings. The van der Waals surface area contributed by atoms with Gasteiger partial charge in [-0.2, -0.15) is 0 Å². The van der Waals surface area contributed by atoms with Crippen LogP contribution in [0, 0.1) is 23.5 Å². The highest BCUT2D eigenvalue weighted by molar-refractivity contribution is 5.26. The van der Waals surface area contributed by atoms with E-state index in [1.165, 1.54) is 18.2 Å². The van der Waals surface area contributed by atoms with Gasteiger partial charge in [0.25, 0.3) is 0 Å². The van der Waals surface area contributed by atoms with Crippen molar-refractivity contribution in [3.05, 3.63) is 35.4 Å². The van der Waals surface area contributed by atoms with E-state index < -0.39 is 17.2 Å². The van der Waals surface area contributed by atoms with Gasteiger partial charge in [-0.3, -0.25) is 0 Å². The average Bonchev–Trinajstić information content (AvgIpc) is 2.29. The van der Waals surface area contributed by atoms with Gasteiger partial charge in [0.05, 0.1) is 11.2 Å². The number of hydrogen-bond acceptors (Lipinski definition) is 1. The van der Waals surface area contributed by atoms with Gasteiger partial charge < -0.3 is 5.11 Å². The molecule has 2 rings (SSSR count). The minimum Gasteiger partial charge on any atom is -0.385 e. The molecule has 3 heteroatoms. The summed E-state index contributed by atoms with van der Waals surface area (Å²) in [7, 11) is 0. The standard InChI is InChI=1S/C15H20F2O/c1-10(2)11-6-8-15(18,9-7-11)14-12(16)4-3-5-13(14)17/h3-5,10-11,18H,6-9H2,1-2H3. The lowest BCUT2D eigenvalue weighted by atomic mass is 9.72. The van der Waals surface area contributed by atoms with Crippen molar-refractivity contribution < 1.29 is 13.9 Å². The summed E-state index contributed by atoms with van der Waals surface area (Å²) in [5.74, 6) is -0.180. The first-order chi connectivity index (χ1) is 8.44. The molecule has 0 atom stereocenters. The fraction of sp³-hybridized carbons (Fsp3) is 0.600. The van der Waals surface area contributed by atoms with Crippen LogP contribution in [-0.4, -0.2) is 5.11 Å². The molecule has 0 unspecified atom stereocenters. The van der Waals surface area contributed by atoms with Crippen molar-refractivity contribution in [1.29, 1.82) is 0 Å². The lowest BCUT2D eigenvalue weighted by molar-refractivity contribution is -0.0255. The summed E-state index contributed by atoms with van der Waals surface area (Å²) < 4.78 is 27.5. The summed E-state index contributed by atoms with van der Waals surface area (Å²) in [5, 5.41) is 10.5. The number of hydrogen-bond donors (Lipinski definition) is 1. The molecular weight excluding hydrogens is 234 g/mol. The molecule has 0 radical (unpaired) electrons. The SMILES string of the molecule is CC(C)C1CCC(O)(c2c(F)cccc2F)CC1. The number of rotatable bonds is 2. The van der Waals surface area contributed by atoms with Gasteiger partial charge >= 0.3 is 0 Å². The minimum absolute atomic E-state index is 0.146. The first-order valence-electron chi connectivity index (χ1n) is 6.61. The second-order valence-electron chi connectivity index (χ2n) is 5.71. The molecule has 0 amide bonds. The summed E-state index contributed by atoms with van der Waals surface area (Å²) in [6, 6.07) is 3.76. The molecule has 18 heavy (non-hydrogen) atoms. The van der Waals surface area contributed by atoms with Crippen molar-refractivity contribution in [2.24, 2.45) is 11.8 Å². The Morgan fingerprint density at radius 3 is 2.11 bits per heavy atom. The van der Waals surface area contributed by atoms with Crippen LogP contribution in [0.15, 0.2) is 18.2 Å². The molecule has 1 nitrogen and oxygen atoms in total. The maximum Gasteiger partial charge on any atom is 0.132 e. The second-order valence-corrected chi connectivity index (χ2v) is 5.71. The van der Waals surface area contributed by atoms with Crippen LogP contribution < -0.4 is 0 Å². The Balaban J connectivity index is 2.24. The van der Waals surface area contributed by atoms with Crippen LogP contribution in [0.25, 0.3) is 0 Å². The summed E-state index contributed by atoms with van der Waals surface area (Å²) >= 11 is 0. The highest BCUT2D eigenvalue weighted by Gasteiger charge is 2.39. The van der Waals surface area contributed by atoms with Gasteiger partial charge in [-0.25, -0.2) is 8.78 Å². The van der Waals surface area contributed by atoms with Crippen molar-refractivity contribution >= 4 is 0 Å². The van der Waals surface area contributed by atoms with Gasteiger partial charge in [0, 0.05) is 0 Å². The fourth-order valence-corrected chi connectivity index (χ4v) is 2.98. The summed E-state index contributed by atoms with van der Waals surface area (Å²) in [6.07, 6.45) is 2.52. The molecule has 100 valence electrons. The van der Waals surface area contributed by atoms with E-state index in [9.17, 15) is 13.9 Å². The highest BCUT2D eigenvalue weighted by Crippen LogP contribution is 2.43. The van der Waals surface area contributed by atoms with Crippen LogP contribution in [0.1, 0.15) is 45.1 Å². The van der Waals surface area contributed by atoms with E-state index in [0.29, 0.717) is 24.7 Å². The van der Waals surface area contributed by atoms with E-state index in [1.54, 1.807) is 0 Å².